The van der Waals surface area contributed by atoms with E-state index in [1.165, 1.54) is 0 Å². The van der Waals surface area contributed by atoms with Crippen LogP contribution in [0.15, 0.2) is 48.5 Å². The van der Waals surface area contributed by atoms with E-state index in [4.69, 9.17) is 14.2 Å². The highest BCUT2D eigenvalue weighted by molar-refractivity contribution is 5.92. The van der Waals surface area contributed by atoms with Gasteiger partial charge >= 0.3 is 5.97 Å². The number of hydrogen-bond donors (Lipinski definition) is 1. The minimum Gasteiger partial charge on any atom is -0.456 e. The van der Waals surface area contributed by atoms with Crippen molar-refractivity contribution in [3.8, 4) is 11.5 Å². The molecule has 2 aliphatic rings. The maximum absolute atomic E-state index is 12.4. The summed E-state index contributed by atoms with van der Waals surface area (Å²) in [5.74, 6) is 0.549. The van der Waals surface area contributed by atoms with Crippen LogP contribution in [0.4, 0.5) is 5.69 Å². The van der Waals surface area contributed by atoms with E-state index in [0.717, 1.165) is 11.3 Å². The maximum Gasteiger partial charge on any atom is 0.306 e. The van der Waals surface area contributed by atoms with Crippen molar-refractivity contribution in [2.75, 3.05) is 31.8 Å². The van der Waals surface area contributed by atoms with Gasteiger partial charge in [-0.2, -0.15) is 0 Å². The smallest absolute Gasteiger partial charge is 0.306 e. The highest BCUT2D eigenvalue weighted by atomic mass is 16.7. The van der Waals surface area contributed by atoms with Crippen molar-refractivity contribution in [1.29, 1.82) is 0 Å². The van der Waals surface area contributed by atoms with Gasteiger partial charge < -0.3 is 24.4 Å². The Morgan fingerprint density at radius 3 is 2.53 bits per heavy atom. The Morgan fingerprint density at radius 1 is 1.00 bits per heavy atom. The van der Waals surface area contributed by atoms with Gasteiger partial charge in [0.1, 0.15) is 0 Å². The third kappa shape index (κ3) is 5.57. The summed E-state index contributed by atoms with van der Waals surface area (Å²) >= 11 is 0. The van der Waals surface area contributed by atoms with Crippen molar-refractivity contribution >= 4 is 23.5 Å². The number of anilines is 1. The molecule has 0 bridgehead atoms. The number of fused-ring (bicyclic) bond motifs is 1. The number of aryl methyl sites for hydroxylation is 1. The zero-order chi connectivity index (χ0) is 22.3. The molecule has 0 aliphatic carbocycles. The zero-order valence-electron chi connectivity index (χ0n) is 17.7. The van der Waals surface area contributed by atoms with E-state index in [1.807, 2.05) is 48.5 Å². The zero-order valence-corrected chi connectivity index (χ0v) is 17.7. The number of carbonyl (C=O) groups is 3. The third-order valence-corrected chi connectivity index (χ3v) is 5.67. The fraction of sp³-hybridized carbons (Fsp3) is 0.375. The van der Waals surface area contributed by atoms with Crippen LogP contribution in [0.25, 0.3) is 0 Å². The molecule has 2 amide bonds. The Kier molecular flexibility index (Phi) is 6.89. The predicted octanol–water partition coefficient (Wildman–Crippen LogP) is 2.77. The number of hydrogen-bond acceptors (Lipinski definition) is 6. The first-order valence-electron chi connectivity index (χ1n) is 10.8. The normalized spacial score (nSPS) is 15.3. The highest BCUT2D eigenvalue weighted by Gasteiger charge is 2.27. The van der Waals surface area contributed by atoms with Crippen LogP contribution >= 0.6 is 0 Å². The Morgan fingerprint density at radius 2 is 1.75 bits per heavy atom. The van der Waals surface area contributed by atoms with E-state index in [-0.39, 0.29) is 37.6 Å². The number of nitrogens with zero attached hydrogens (tertiary/aromatic N) is 1. The molecule has 32 heavy (non-hydrogen) atoms. The van der Waals surface area contributed by atoms with Crippen LogP contribution in [0.5, 0.6) is 11.5 Å². The van der Waals surface area contributed by atoms with Crippen LogP contribution in [0.1, 0.15) is 24.8 Å². The monoisotopic (exact) mass is 438 g/mol. The number of amides is 2. The number of likely N-dealkylation sites (tertiary alicyclic amines) is 1. The third-order valence-electron chi connectivity index (χ3n) is 5.67. The van der Waals surface area contributed by atoms with Crippen molar-refractivity contribution in [1.82, 2.24) is 4.90 Å². The van der Waals surface area contributed by atoms with Gasteiger partial charge in [-0.25, -0.2) is 0 Å². The number of piperidine rings is 1. The number of esters is 1. The molecule has 0 saturated carbocycles. The van der Waals surface area contributed by atoms with Crippen LogP contribution in [-0.2, 0) is 25.5 Å². The lowest BCUT2D eigenvalue weighted by Crippen LogP contribution is -2.43. The molecule has 0 spiro atoms. The molecular formula is C24H26N2O6. The molecule has 8 nitrogen and oxygen atoms in total. The second-order valence-corrected chi connectivity index (χ2v) is 7.86. The lowest BCUT2D eigenvalue weighted by Gasteiger charge is -2.31. The molecule has 0 radical (unpaired) electrons. The van der Waals surface area contributed by atoms with Crippen molar-refractivity contribution in [3.05, 3.63) is 54.1 Å². The van der Waals surface area contributed by atoms with Gasteiger partial charge in [-0.15, -0.1) is 0 Å². The van der Waals surface area contributed by atoms with E-state index in [0.29, 0.717) is 43.9 Å². The average molecular weight is 438 g/mol. The average Bonchev–Trinajstić information content (AvgIpc) is 3.30. The second kappa shape index (κ2) is 10.2. The molecule has 2 aliphatic heterocycles. The summed E-state index contributed by atoms with van der Waals surface area (Å²) in [6.45, 7) is 0.875. The quantitative estimate of drug-likeness (QED) is 0.668. The van der Waals surface area contributed by atoms with Crippen molar-refractivity contribution in [2.24, 2.45) is 5.92 Å². The van der Waals surface area contributed by atoms with Gasteiger partial charge in [0.15, 0.2) is 18.1 Å². The van der Waals surface area contributed by atoms with Crippen molar-refractivity contribution in [3.63, 3.8) is 0 Å². The lowest BCUT2D eigenvalue weighted by atomic mass is 9.95. The summed E-state index contributed by atoms with van der Waals surface area (Å²) in [6, 6.07) is 14.9. The van der Waals surface area contributed by atoms with Gasteiger partial charge in [0.25, 0.3) is 5.91 Å². The van der Waals surface area contributed by atoms with E-state index in [2.05, 4.69) is 5.32 Å². The molecule has 1 N–H and O–H groups in total. The fourth-order valence-electron chi connectivity index (χ4n) is 3.81. The van der Waals surface area contributed by atoms with E-state index >= 15 is 0 Å². The van der Waals surface area contributed by atoms with Gasteiger partial charge in [0, 0.05) is 31.1 Å². The number of benzene rings is 2. The van der Waals surface area contributed by atoms with Crippen LogP contribution < -0.4 is 14.8 Å². The second-order valence-electron chi connectivity index (χ2n) is 7.86. The maximum atomic E-state index is 12.4. The van der Waals surface area contributed by atoms with Gasteiger partial charge in [0.05, 0.1) is 0 Å². The molecule has 168 valence electrons. The standard InChI is InChI=1S/C24H26N2O6/c27-22(15-30-23(28)9-7-17-6-8-20-21(14-17)32-16-31-20)26-12-10-18(11-13-26)24(29)25-19-4-2-1-3-5-19/h1-6,8,14,18H,7,9-13,15-16H2,(H,25,29). The molecule has 2 heterocycles. The number of rotatable bonds is 7. The van der Waals surface area contributed by atoms with E-state index < -0.39 is 5.97 Å². The summed E-state index contributed by atoms with van der Waals surface area (Å²) < 4.78 is 15.8. The largest absolute Gasteiger partial charge is 0.456 e. The van der Waals surface area contributed by atoms with Gasteiger partial charge in [-0.3, -0.25) is 14.4 Å². The number of nitrogens with one attached hydrogen (secondary N) is 1. The summed E-state index contributed by atoms with van der Waals surface area (Å²) in [5, 5.41) is 2.91. The number of carbonyl (C=O) groups excluding carboxylic acids is 3. The highest BCUT2D eigenvalue weighted by Crippen LogP contribution is 2.32. The van der Waals surface area contributed by atoms with Crippen molar-refractivity contribution in [2.45, 2.75) is 25.7 Å². The first-order chi connectivity index (χ1) is 15.6. The van der Waals surface area contributed by atoms with Crippen LogP contribution in [0.2, 0.25) is 0 Å². The fourth-order valence-corrected chi connectivity index (χ4v) is 3.81. The summed E-state index contributed by atoms with van der Waals surface area (Å²) in [4.78, 5) is 38.5. The molecule has 0 unspecified atom stereocenters. The van der Waals surface area contributed by atoms with Gasteiger partial charge in [-0.05, 0) is 49.1 Å². The number of ether oxygens (including phenoxy) is 3. The molecule has 8 heteroatoms. The summed E-state index contributed by atoms with van der Waals surface area (Å²) in [7, 11) is 0. The van der Waals surface area contributed by atoms with E-state index in [1.54, 1.807) is 4.90 Å². The van der Waals surface area contributed by atoms with Crippen LogP contribution in [-0.4, -0.2) is 49.2 Å². The van der Waals surface area contributed by atoms with Gasteiger partial charge in [0.2, 0.25) is 12.7 Å². The Balaban J connectivity index is 1.15. The molecule has 2 aromatic rings. The van der Waals surface area contributed by atoms with Crippen LogP contribution in [0, 0.1) is 5.92 Å². The molecule has 0 atom stereocenters. The molecule has 1 saturated heterocycles. The molecule has 1 fully saturated rings. The van der Waals surface area contributed by atoms with Crippen LogP contribution in [0.3, 0.4) is 0 Å². The minimum atomic E-state index is -0.423. The molecular weight excluding hydrogens is 412 g/mol. The molecule has 2 aromatic carbocycles. The molecule has 4 rings (SSSR count). The first-order valence-corrected chi connectivity index (χ1v) is 10.8. The Bertz CT molecular complexity index is 970. The first kappa shape index (κ1) is 21.7. The summed E-state index contributed by atoms with van der Waals surface area (Å²) in [6.07, 6.45) is 1.84. The molecule has 0 aromatic heterocycles. The SMILES string of the molecule is O=C(CCc1ccc2c(c1)OCO2)OCC(=O)N1CCC(C(=O)Nc2ccccc2)CC1. The number of para-hydroxylation sites is 1. The Labute approximate surface area is 186 Å². The summed E-state index contributed by atoms with van der Waals surface area (Å²) in [5.41, 5.74) is 1.71. The minimum absolute atomic E-state index is 0.0294. The van der Waals surface area contributed by atoms with Crippen molar-refractivity contribution < 1.29 is 28.6 Å². The Hall–Kier alpha value is -3.55. The predicted molar refractivity (Wildman–Crippen MR) is 116 cm³/mol. The lowest BCUT2D eigenvalue weighted by molar-refractivity contribution is -0.152. The topological polar surface area (TPSA) is 94.2 Å². The van der Waals surface area contributed by atoms with E-state index in [9.17, 15) is 14.4 Å². The van der Waals surface area contributed by atoms with Gasteiger partial charge in [-0.1, -0.05) is 24.3 Å².